The average Bonchev–Trinajstić information content (AvgIpc) is 3.39. The first-order valence-corrected chi connectivity index (χ1v) is 8.37. The Kier molecular flexibility index (Phi) is 4.65. The maximum Gasteiger partial charge on any atom is 0.287 e. The molecule has 1 fully saturated rings. The summed E-state index contributed by atoms with van der Waals surface area (Å²) in [7, 11) is 0. The number of carbonyl (C=O) groups is 1. The average molecular weight is 354 g/mol. The highest BCUT2D eigenvalue weighted by Crippen LogP contribution is 2.22. The highest BCUT2D eigenvalue weighted by Gasteiger charge is 2.14. The van der Waals surface area contributed by atoms with Gasteiger partial charge in [-0.1, -0.05) is 5.16 Å². The molecule has 1 aromatic carbocycles. The smallest absolute Gasteiger partial charge is 0.287 e. The molecule has 8 heteroatoms. The lowest BCUT2D eigenvalue weighted by Gasteiger charge is -2.28. The standard InChI is InChI=1S/C18H18N4O4/c23-18(15-2-1-9-25-15)19-12-16-20-17(21-26-16)13-3-5-14(6-4-13)22-7-10-24-11-8-22/h1-6,9H,7-8,10-12H2,(H,19,23). The Bertz CT molecular complexity index is 852. The molecule has 0 aliphatic carbocycles. The predicted molar refractivity (Wildman–Crippen MR) is 92.6 cm³/mol. The number of amides is 1. The number of rotatable bonds is 5. The third-order valence-electron chi connectivity index (χ3n) is 4.11. The number of aromatic nitrogens is 2. The van der Waals surface area contributed by atoms with Gasteiger partial charge in [-0.15, -0.1) is 0 Å². The van der Waals surface area contributed by atoms with Crippen LogP contribution in [-0.2, 0) is 11.3 Å². The van der Waals surface area contributed by atoms with Gasteiger partial charge in [0.25, 0.3) is 5.91 Å². The molecule has 1 aliphatic rings. The highest BCUT2D eigenvalue weighted by atomic mass is 16.5. The lowest BCUT2D eigenvalue weighted by molar-refractivity contribution is 0.0918. The van der Waals surface area contributed by atoms with Gasteiger partial charge >= 0.3 is 0 Å². The number of nitrogens with one attached hydrogen (secondary N) is 1. The van der Waals surface area contributed by atoms with E-state index in [1.807, 2.05) is 24.3 Å². The first kappa shape index (κ1) is 16.3. The van der Waals surface area contributed by atoms with E-state index in [-0.39, 0.29) is 18.2 Å². The van der Waals surface area contributed by atoms with Crippen LogP contribution in [-0.4, -0.2) is 42.4 Å². The fraction of sp³-hybridized carbons (Fsp3) is 0.278. The van der Waals surface area contributed by atoms with Crippen molar-refractivity contribution in [3.8, 4) is 11.4 Å². The molecule has 0 unspecified atom stereocenters. The minimum Gasteiger partial charge on any atom is -0.459 e. The second kappa shape index (κ2) is 7.40. The molecule has 1 aliphatic heterocycles. The Morgan fingerprint density at radius 2 is 1.96 bits per heavy atom. The maximum atomic E-state index is 11.8. The Morgan fingerprint density at radius 3 is 2.69 bits per heavy atom. The van der Waals surface area contributed by atoms with E-state index in [9.17, 15) is 4.79 Å². The number of benzene rings is 1. The van der Waals surface area contributed by atoms with Crippen LogP contribution < -0.4 is 10.2 Å². The number of morpholine rings is 1. The van der Waals surface area contributed by atoms with Gasteiger partial charge in [0.1, 0.15) is 0 Å². The van der Waals surface area contributed by atoms with Gasteiger partial charge in [-0.25, -0.2) is 0 Å². The van der Waals surface area contributed by atoms with E-state index in [1.54, 1.807) is 12.1 Å². The normalized spacial score (nSPS) is 14.4. The number of hydrogen-bond donors (Lipinski definition) is 1. The fourth-order valence-corrected chi connectivity index (χ4v) is 2.74. The van der Waals surface area contributed by atoms with E-state index in [0.29, 0.717) is 11.7 Å². The molecule has 3 heterocycles. The number of ether oxygens (including phenoxy) is 1. The number of carbonyl (C=O) groups excluding carboxylic acids is 1. The van der Waals surface area contributed by atoms with Gasteiger partial charge in [0.2, 0.25) is 11.7 Å². The molecule has 2 aromatic heterocycles. The first-order chi connectivity index (χ1) is 12.8. The number of anilines is 1. The van der Waals surface area contributed by atoms with Crippen molar-refractivity contribution < 1.29 is 18.5 Å². The molecule has 3 aromatic rings. The Labute approximate surface area is 149 Å². The van der Waals surface area contributed by atoms with Crippen molar-refractivity contribution in [1.29, 1.82) is 0 Å². The van der Waals surface area contributed by atoms with E-state index >= 15 is 0 Å². The van der Waals surface area contributed by atoms with Gasteiger partial charge in [0.05, 0.1) is 26.0 Å². The minimum absolute atomic E-state index is 0.137. The minimum atomic E-state index is -0.329. The summed E-state index contributed by atoms with van der Waals surface area (Å²) in [6.07, 6.45) is 1.44. The van der Waals surface area contributed by atoms with E-state index in [2.05, 4.69) is 20.4 Å². The molecule has 8 nitrogen and oxygen atoms in total. The van der Waals surface area contributed by atoms with Gasteiger partial charge in [-0.05, 0) is 36.4 Å². The van der Waals surface area contributed by atoms with Crippen LogP contribution in [0, 0.1) is 0 Å². The van der Waals surface area contributed by atoms with Crippen LogP contribution in [0.3, 0.4) is 0 Å². The number of hydrogen-bond acceptors (Lipinski definition) is 7. The second-order valence-corrected chi connectivity index (χ2v) is 5.82. The topological polar surface area (TPSA) is 93.6 Å². The molecule has 1 N–H and O–H groups in total. The van der Waals surface area contributed by atoms with Gasteiger partial charge < -0.3 is 23.9 Å². The molecule has 0 bridgehead atoms. The predicted octanol–water partition coefficient (Wildman–Crippen LogP) is 2.10. The quantitative estimate of drug-likeness (QED) is 0.750. The zero-order valence-corrected chi connectivity index (χ0v) is 14.1. The summed E-state index contributed by atoms with van der Waals surface area (Å²) in [5, 5.41) is 6.65. The molecule has 4 rings (SSSR count). The third kappa shape index (κ3) is 3.60. The van der Waals surface area contributed by atoms with E-state index in [4.69, 9.17) is 13.7 Å². The van der Waals surface area contributed by atoms with Crippen LogP contribution in [0.25, 0.3) is 11.4 Å². The molecule has 134 valence electrons. The van der Waals surface area contributed by atoms with E-state index in [0.717, 1.165) is 37.6 Å². The molecular weight excluding hydrogens is 336 g/mol. The largest absolute Gasteiger partial charge is 0.459 e. The SMILES string of the molecule is O=C(NCc1nc(-c2ccc(N3CCOCC3)cc2)no1)c1ccco1. The van der Waals surface area contributed by atoms with Gasteiger partial charge in [-0.2, -0.15) is 4.98 Å². The molecule has 0 saturated carbocycles. The van der Waals surface area contributed by atoms with Crippen molar-refractivity contribution in [3.05, 3.63) is 54.3 Å². The Balaban J connectivity index is 1.38. The third-order valence-corrected chi connectivity index (χ3v) is 4.11. The van der Waals surface area contributed by atoms with Gasteiger partial charge in [0, 0.05) is 24.3 Å². The lowest BCUT2D eigenvalue weighted by Crippen LogP contribution is -2.36. The monoisotopic (exact) mass is 354 g/mol. The first-order valence-electron chi connectivity index (χ1n) is 8.37. The zero-order valence-electron chi connectivity index (χ0n) is 14.1. The van der Waals surface area contributed by atoms with Crippen LogP contribution in [0.15, 0.2) is 51.6 Å². The van der Waals surface area contributed by atoms with E-state index < -0.39 is 0 Å². The van der Waals surface area contributed by atoms with Gasteiger partial charge in [0.15, 0.2) is 5.76 Å². The molecular formula is C18H18N4O4. The molecule has 0 radical (unpaired) electrons. The van der Waals surface area contributed by atoms with Crippen molar-refractivity contribution in [2.75, 3.05) is 31.2 Å². The van der Waals surface area contributed by atoms with E-state index in [1.165, 1.54) is 6.26 Å². The number of nitrogens with zero attached hydrogens (tertiary/aromatic N) is 3. The van der Waals surface area contributed by atoms with Crippen LogP contribution in [0.4, 0.5) is 5.69 Å². The molecule has 1 amide bonds. The van der Waals surface area contributed by atoms with Crippen LogP contribution in [0.1, 0.15) is 16.4 Å². The van der Waals surface area contributed by atoms with Crippen LogP contribution in [0.5, 0.6) is 0 Å². The zero-order chi connectivity index (χ0) is 17.8. The van der Waals surface area contributed by atoms with Crippen LogP contribution in [0.2, 0.25) is 0 Å². The van der Waals surface area contributed by atoms with Crippen LogP contribution >= 0.6 is 0 Å². The van der Waals surface area contributed by atoms with Crippen molar-refractivity contribution in [3.63, 3.8) is 0 Å². The summed E-state index contributed by atoms with van der Waals surface area (Å²) in [6.45, 7) is 3.42. The summed E-state index contributed by atoms with van der Waals surface area (Å²) in [4.78, 5) is 18.4. The number of furan rings is 1. The Morgan fingerprint density at radius 1 is 1.15 bits per heavy atom. The highest BCUT2D eigenvalue weighted by molar-refractivity contribution is 5.91. The van der Waals surface area contributed by atoms with Gasteiger partial charge in [-0.3, -0.25) is 4.79 Å². The van der Waals surface area contributed by atoms with Crippen molar-refractivity contribution in [1.82, 2.24) is 15.5 Å². The Hall–Kier alpha value is -3.13. The maximum absolute atomic E-state index is 11.8. The lowest BCUT2D eigenvalue weighted by atomic mass is 10.2. The summed E-state index contributed by atoms with van der Waals surface area (Å²) in [5.41, 5.74) is 2.00. The van der Waals surface area contributed by atoms with Crippen molar-refractivity contribution >= 4 is 11.6 Å². The fourth-order valence-electron chi connectivity index (χ4n) is 2.74. The molecule has 1 saturated heterocycles. The second-order valence-electron chi connectivity index (χ2n) is 5.82. The van der Waals surface area contributed by atoms with Crippen molar-refractivity contribution in [2.45, 2.75) is 6.54 Å². The molecule has 0 atom stereocenters. The summed E-state index contributed by atoms with van der Waals surface area (Å²) in [6, 6.07) is 11.2. The summed E-state index contributed by atoms with van der Waals surface area (Å²) < 4.78 is 15.6. The molecule has 0 spiro atoms. The van der Waals surface area contributed by atoms with Crippen molar-refractivity contribution in [2.24, 2.45) is 0 Å². The summed E-state index contributed by atoms with van der Waals surface area (Å²) >= 11 is 0. The summed E-state index contributed by atoms with van der Waals surface area (Å²) in [5.74, 6) is 0.728. The molecule has 26 heavy (non-hydrogen) atoms.